The van der Waals surface area contributed by atoms with Crippen LogP contribution in [0.5, 0.6) is 0 Å². The highest BCUT2D eigenvalue weighted by molar-refractivity contribution is 6.30. The highest BCUT2D eigenvalue weighted by Gasteiger charge is 2.17. The Morgan fingerprint density at radius 3 is 2.65 bits per heavy atom. The highest BCUT2D eigenvalue weighted by atomic mass is 35.5. The summed E-state index contributed by atoms with van der Waals surface area (Å²) >= 11 is 6.38. The van der Waals surface area contributed by atoms with Crippen LogP contribution in [-0.2, 0) is 11.2 Å². The zero-order valence-corrected chi connectivity index (χ0v) is 15.7. The molecule has 1 unspecified atom stereocenters. The fourth-order valence-electron chi connectivity index (χ4n) is 2.99. The van der Waals surface area contributed by atoms with Gasteiger partial charge in [-0.1, -0.05) is 48.9 Å². The number of aliphatic hydroxyl groups is 1. The zero-order chi connectivity index (χ0) is 18.4. The lowest BCUT2D eigenvalue weighted by molar-refractivity contribution is 0.0171. The van der Waals surface area contributed by atoms with Crippen molar-refractivity contribution in [2.45, 2.75) is 19.4 Å². The van der Waals surface area contributed by atoms with E-state index in [2.05, 4.69) is 20.2 Å². The molecule has 0 saturated carbocycles. The standard InChI is InChI=1S/C19H25ClN4O2/c1-2-16-17(20)22-18(14-6-4-3-5-7-14)23-19(16)21-12-15(25)13-24-8-10-26-11-9-24/h3-7,15,25H,2,8-13H2,1H3,(H,21,22,23). The third kappa shape index (κ3) is 4.92. The van der Waals surface area contributed by atoms with Crippen molar-refractivity contribution in [1.82, 2.24) is 14.9 Å². The summed E-state index contributed by atoms with van der Waals surface area (Å²) in [5.74, 6) is 1.27. The number of anilines is 1. The minimum Gasteiger partial charge on any atom is -0.390 e. The van der Waals surface area contributed by atoms with E-state index in [1.807, 2.05) is 37.3 Å². The Kier molecular flexibility index (Phi) is 6.80. The van der Waals surface area contributed by atoms with Crippen molar-refractivity contribution in [3.8, 4) is 11.4 Å². The molecule has 2 heterocycles. The van der Waals surface area contributed by atoms with E-state index in [-0.39, 0.29) is 0 Å². The van der Waals surface area contributed by atoms with Gasteiger partial charge in [-0.25, -0.2) is 9.97 Å². The Hall–Kier alpha value is -1.73. The van der Waals surface area contributed by atoms with E-state index in [0.29, 0.717) is 29.9 Å². The van der Waals surface area contributed by atoms with Gasteiger partial charge in [0.05, 0.1) is 19.3 Å². The van der Waals surface area contributed by atoms with Crippen LogP contribution in [0.1, 0.15) is 12.5 Å². The van der Waals surface area contributed by atoms with Gasteiger partial charge in [-0.2, -0.15) is 0 Å². The Balaban J connectivity index is 1.70. The number of rotatable bonds is 7. The smallest absolute Gasteiger partial charge is 0.163 e. The van der Waals surface area contributed by atoms with Crippen LogP contribution in [0.3, 0.4) is 0 Å². The van der Waals surface area contributed by atoms with Gasteiger partial charge in [0.2, 0.25) is 0 Å². The predicted octanol–water partition coefficient (Wildman–Crippen LogP) is 2.46. The lowest BCUT2D eigenvalue weighted by atomic mass is 10.2. The largest absolute Gasteiger partial charge is 0.390 e. The molecule has 0 spiro atoms. The van der Waals surface area contributed by atoms with Crippen LogP contribution in [0, 0.1) is 0 Å². The highest BCUT2D eigenvalue weighted by Crippen LogP contribution is 2.26. The molecule has 2 aromatic rings. The van der Waals surface area contributed by atoms with Gasteiger partial charge in [-0.3, -0.25) is 4.90 Å². The normalized spacial score (nSPS) is 16.4. The minimum atomic E-state index is -0.494. The number of nitrogens with one attached hydrogen (secondary N) is 1. The molecule has 2 N–H and O–H groups in total. The number of ether oxygens (including phenoxy) is 1. The van der Waals surface area contributed by atoms with Gasteiger partial charge in [0.25, 0.3) is 0 Å². The molecule has 0 bridgehead atoms. The molecule has 6 nitrogen and oxygen atoms in total. The van der Waals surface area contributed by atoms with Gasteiger partial charge >= 0.3 is 0 Å². The molecule has 0 aliphatic carbocycles. The van der Waals surface area contributed by atoms with E-state index in [1.165, 1.54) is 0 Å². The Morgan fingerprint density at radius 1 is 1.23 bits per heavy atom. The topological polar surface area (TPSA) is 70.5 Å². The number of benzene rings is 1. The summed E-state index contributed by atoms with van der Waals surface area (Å²) in [6.07, 6.45) is 0.224. The van der Waals surface area contributed by atoms with Gasteiger partial charge in [-0.15, -0.1) is 0 Å². The molecule has 1 aliphatic rings. The molecule has 7 heteroatoms. The van der Waals surface area contributed by atoms with Crippen molar-refractivity contribution in [2.24, 2.45) is 0 Å². The maximum Gasteiger partial charge on any atom is 0.163 e. The summed E-state index contributed by atoms with van der Waals surface area (Å²) in [7, 11) is 0. The van der Waals surface area contributed by atoms with Crippen molar-refractivity contribution < 1.29 is 9.84 Å². The molecular formula is C19H25ClN4O2. The Morgan fingerprint density at radius 2 is 1.96 bits per heavy atom. The lowest BCUT2D eigenvalue weighted by Gasteiger charge is -2.28. The number of β-amino-alcohol motifs (C(OH)–C–C–N with tert-alkyl or cyclic N) is 1. The Bertz CT molecular complexity index is 708. The SMILES string of the molecule is CCc1c(Cl)nc(-c2ccccc2)nc1NCC(O)CN1CCOCC1. The quantitative estimate of drug-likeness (QED) is 0.723. The molecule has 1 aromatic carbocycles. The van der Waals surface area contributed by atoms with Crippen LogP contribution < -0.4 is 5.32 Å². The number of halogens is 1. The second kappa shape index (κ2) is 9.28. The van der Waals surface area contributed by atoms with E-state index in [0.717, 1.165) is 43.9 Å². The van der Waals surface area contributed by atoms with Gasteiger partial charge in [0.1, 0.15) is 11.0 Å². The summed E-state index contributed by atoms with van der Waals surface area (Å²) in [6.45, 7) is 6.20. The second-order valence-corrected chi connectivity index (χ2v) is 6.69. The summed E-state index contributed by atoms with van der Waals surface area (Å²) in [5, 5.41) is 14.1. The molecule has 3 rings (SSSR count). The van der Waals surface area contributed by atoms with Crippen LogP contribution >= 0.6 is 11.6 Å². The van der Waals surface area contributed by atoms with E-state index in [4.69, 9.17) is 16.3 Å². The number of morpholine rings is 1. The van der Waals surface area contributed by atoms with E-state index in [1.54, 1.807) is 0 Å². The number of aliphatic hydroxyl groups excluding tert-OH is 1. The number of hydrogen-bond donors (Lipinski definition) is 2. The third-order valence-electron chi connectivity index (χ3n) is 4.42. The van der Waals surface area contributed by atoms with E-state index in [9.17, 15) is 5.11 Å². The van der Waals surface area contributed by atoms with Crippen molar-refractivity contribution >= 4 is 17.4 Å². The zero-order valence-electron chi connectivity index (χ0n) is 15.0. The number of aromatic nitrogens is 2. The fraction of sp³-hybridized carbons (Fsp3) is 0.474. The summed E-state index contributed by atoms with van der Waals surface area (Å²) < 4.78 is 5.34. The molecule has 0 amide bonds. The first kappa shape index (κ1) is 19.0. The van der Waals surface area contributed by atoms with Gasteiger partial charge < -0.3 is 15.2 Å². The van der Waals surface area contributed by atoms with Gasteiger partial charge in [0, 0.05) is 37.3 Å². The van der Waals surface area contributed by atoms with Crippen molar-refractivity contribution in [2.75, 3.05) is 44.7 Å². The fourth-order valence-corrected chi connectivity index (χ4v) is 3.30. The molecule has 1 aromatic heterocycles. The lowest BCUT2D eigenvalue weighted by Crippen LogP contribution is -2.42. The number of hydrogen-bond acceptors (Lipinski definition) is 6. The maximum absolute atomic E-state index is 10.4. The molecule has 1 saturated heterocycles. The predicted molar refractivity (Wildman–Crippen MR) is 104 cm³/mol. The number of nitrogens with zero attached hydrogens (tertiary/aromatic N) is 3. The molecule has 1 atom stereocenters. The first-order valence-corrected chi connectivity index (χ1v) is 9.39. The van der Waals surface area contributed by atoms with E-state index >= 15 is 0 Å². The first-order valence-electron chi connectivity index (χ1n) is 9.01. The van der Waals surface area contributed by atoms with Crippen LogP contribution in [0.2, 0.25) is 5.15 Å². The minimum absolute atomic E-state index is 0.409. The second-order valence-electron chi connectivity index (χ2n) is 6.33. The van der Waals surface area contributed by atoms with Crippen LogP contribution in [-0.4, -0.2) is 65.5 Å². The van der Waals surface area contributed by atoms with Crippen molar-refractivity contribution in [3.05, 3.63) is 41.0 Å². The molecule has 0 radical (unpaired) electrons. The maximum atomic E-state index is 10.4. The average Bonchev–Trinajstić information content (AvgIpc) is 2.67. The summed E-state index contributed by atoms with van der Waals surface area (Å²) in [6, 6.07) is 9.74. The van der Waals surface area contributed by atoms with Crippen LogP contribution in [0.4, 0.5) is 5.82 Å². The summed E-state index contributed by atoms with van der Waals surface area (Å²) in [4.78, 5) is 11.3. The summed E-state index contributed by atoms with van der Waals surface area (Å²) in [5.41, 5.74) is 1.78. The first-order chi connectivity index (χ1) is 12.7. The van der Waals surface area contributed by atoms with Gasteiger partial charge in [0.15, 0.2) is 5.82 Å². The third-order valence-corrected chi connectivity index (χ3v) is 4.73. The average molecular weight is 377 g/mol. The van der Waals surface area contributed by atoms with Crippen molar-refractivity contribution in [3.63, 3.8) is 0 Å². The van der Waals surface area contributed by atoms with Crippen molar-refractivity contribution in [1.29, 1.82) is 0 Å². The molecule has 1 aliphatic heterocycles. The molecular weight excluding hydrogens is 352 g/mol. The molecule has 1 fully saturated rings. The molecule has 140 valence electrons. The van der Waals surface area contributed by atoms with E-state index < -0.39 is 6.10 Å². The molecule has 26 heavy (non-hydrogen) atoms. The van der Waals surface area contributed by atoms with Crippen LogP contribution in [0.15, 0.2) is 30.3 Å². The van der Waals surface area contributed by atoms with Gasteiger partial charge in [-0.05, 0) is 6.42 Å². The monoisotopic (exact) mass is 376 g/mol. The van der Waals surface area contributed by atoms with Crippen LogP contribution in [0.25, 0.3) is 11.4 Å². The Labute approximate surface area is 159 Å².